The van der Waals surface area contributed by atoms with Crippen LogP contribution < -0.4 is 0 Å². The molecule has 0 N–H and O–H groups in total. The summed E-state index contributed by atoms with van der Waals surface area (Å²) in [5, 5.41) is 3.88. The van der Waals surface area contributed by atoms with Gasteiger partial charge in [-0.1, -0.05) is 19.0 Å². The number of carbonyl (C=O) groups excluding carboxylic acids is 2. The number of amides is 1. The van der Waals surface area contributed by atoms with Crippen LogP contribution in [0, 0.1) is 5.92 Å². The molecule has 122 valence electrons. The van der Waals surface area contributed by atoms with Crippen molar-refractivity contribution >= 4 is 11.9 Å². The minimum Gasteiger partial charge on any atom is -0.469 e. The van der Waals surface area contributed by atoms with Crippen LogP contribution >= 0.6 is 0 Å². The second-order valence-electron chi connectivity index (χ2n) is 5.88. The van der Waals surface area contributed by atoms with Gasteiger partial charge >= 0.3 is 5.97 Å². The summed E-state index contributed by atoms with van der Waals surface area (Å²) >= 11 is 0. The first-order valence-electron chi connectivity index (χ1n) is 7.69. The molecule has 0 bridgehead atoms. The Bertz CT molecular complexity index is 519. The number of piperidine rings is 1. The molecule has 0 radical (unpaired) electrons. The van der Waals surface area contributed by atoms with Gasteiger partial charge in [0.05, 0.1) is 13.0 Å². The first-order valence-corrected chi connectivity index (χ1v) is 7.69. The predicted molar refractivity (Wildman–Crippen MR) is 78.0 cm³/mol. The lowest BCUT2D eigenvalue weighted by molar-refractivity contribution is -0.148. The molecule has 0 unspecified atom stereocenters. The number of ether oxygens (including phenoxy) is 1. The van der Waals surface area contributed by atoms with Gasteiger partial charge in [-0.15, -0.1) is 0 Å². The van der Waals surface area contributed by atoms with E-state index in [1.807, 2.05) is 13.8 Å². The molecule has 7 nitrogen and oxygen atoms in total. The molecule has 0 aliphatic carbocycles. The molecule has 1 aliphatic rings. The zero-order chi connectivity index (χ0) is 16.1. The number of likely N-dealkylation sites (tertiary alicyclic amines) is 1. The summed E-state index contributed by atoms with van der Waals surface area (Å²) in [5.41, 5.74) is 0. The van der Waals surface area contributed by atoms with E-state index in [1.54, 1.807) is 4.90 Å². The van der Waals surface area contributed by atoms with Gasteiger partial charge in [0, 0.05) is 31.8 Å². The SMILES string of the molecule is COC(=O)C1CCN(C(=O)CCc2nc(C(C)C)no2)CC1. The van der Waals surface area contributed by atoms with E-state index < -0.39 is 0 Å². The minimum absolute atomic E-state index is 0.0626. The van der Waals surface area contributed by atoms with Crippen molar-refractivity contribution in [2.45, 2.75) is 45.4 Å². The van der Waals surface area contributed by atoms with Gasteiger partial charge in [0.25, 0.3) is 0 Å². The first-order chi connectivity index (χ1) is 10.5. The standard InChI is InChI=1S/C15H23N3O4/c1-10(2)14-16-12(22-17-14)4-5-13(19)18-8-6-11(7-9-18)15(20)21-3/h10-11H,4-9H2,1-3H3. The summed E-state index contributed by atoms with van der Waals surface area (Å²) < 4.78 is 9.88. The number of aromatic nitrogens is 2. The highest BCUT2D eigenvalue weighted by Gasteiger charge is 2.27. The molecule has 0 saturated carbocycles. The molecule has 22 heavy (non-hydrogen) atoms. The zero-order valence-corrected chi connectivity index (χ0v) is 13.4. The Labute approximate surface area is 130 Å². The average molecular weight is 309 g/mol. The van der Waals surface area contributed by atoms with Gasteiger partial charge in [0.1, 0.15) is 0 Å². The number of rotatable bonds is 5. The van der Waals surface area contributed by atoms with Crippen molar-refractivity contribution in [3.8, 4) is 0 Å². The van der Waals surface area contributed by atoms with Crippen LogP contribution in [0.15, 0.2) is 4.52 Å². The normalized spacial score (nSPS) is 16.1. The van der Waals surface area contributed by atoms with Crippen LogP contribution in [0.1, 0.15) is 50.7 Å². The van der Waals surface area contributed by atoms with E-state index in [-0.39, 0.29) is 23.7 Å². The van der Waals surface area contributed by atoms with E-state index in [0.717, 1.165) is 0 Å². The van der Waals surface area contributed by atoms with Crippen LogP contribution in [0.25, 0.3) is 0 Å². The van der Waals surface area contributed by atoms with Gasteiger partial charge in [-0.25, -0.2) is 0 Å². The number of esters is 1. The van der Waals surface area contributed by atoms with Gasteiger partial charge in [0.2, 0.25) is 11.8 Å². The number of hydrogen-bond donors (Lipinski definition) is 0. The van der Waals surface area contributed by atoms with Crippen molar-refractivity contribution < 1.29 is 18.8 Å². The number of hydrogen-bond acceptors (Lipinski definition) is 6. The van der Waals surface area contributed by atoms with Crippen LogP contribution in [-0.4, -0.2) is 47.1 Å². The Kier molecular flexibility index (Phi) is 5.51. The van der Waals surface area contributed by atoms with E-state index in [1.165, 1.54) is 7.11 Å². The summed E-state index contributed by atoms with van der Waals surface area (Å²) in [5.74, 6) is 1.18. The largest absolute Gasteiger partial charge is 0.469 e. The van der Waals surface area contributed by atoms with Crippen LogP contribution in [-0.2, 0) is 20.7 Å². The molecule has 2 rings (SSSR count). The smallest absolute Gasteiger partial charge is 0.308 e. The Morgan fingerprint density at radius 1 is 1.36 bits per heavy atom. The number of nitrogens with zero attached hydrogens (tertiary/aromatic N) is 3. The highest BCUT2D eigenvalue weighted by Crippen LogP contribution is 2.19. The Balaban J connectivity index is 1.77. The third-order valence-corrected chi connectivity index (χ3v) is 3.94. The fourth-order valence-corrected chi connectivity index (χ4v) is 2.51. The highest BCUT2D eigenvalue weighted by atomic mass is 16.5. The third-order valence-electron chi connectivity index (χ3n) is 3.94. The summed E-state index contributed by atoms with van der Waals surface area (Å²) in [7, 11) is 1.40. The number of aryl methyl sites for hydroxylation is 1. The number of methoxy groups -OCH3 is 1. The van der Waals surface area contributed by atoms with Crippen molar-refractivity contribution in [1.29, 1.82) is 0 Å². The minimum atomic E-state index is -0.181. The fraction of sp³-hybridized carbons (Fsp3) is 0.733. The Hall–Kier alpha value is -1.92. The van der Waals surface area contributed by atoms with Gasteiger partial charge in [-0.2, -0.15) is 4.98 Å². The second kappa shape index (κ2) is 7.38. The molecule has 2 heterocycles. The van der Waals surface area contributed by atoms with Gasteiger partial charge < -0.3 is 14.2 Å². The topological polar surface area (TPSA) is 85.5 Å². The molecule has 7 heteroatoms. The highest BCUT2D eigenvalue weighted by molar-refractivity contribution is 5.77. The molecule has 1 aromatic rings. The monoisotopic (exact) mass is 309 g/mol. The van der Waals surface area contributed by atoms with Crippen molar-refractivity contribution in [1.82, 2.24) is 15.0 Å². The molecule has 1 saturated heterocycles. The summed E-state index contributed by atoms with van der Waals surface area (Å²) in [4.78, 5) is 29.7. The Morgan fingerprint density at radius 2 is 2.05 bits per heavy atom. The zero-order valence-electron chi connectivity index (χ0n) is 13.4. The first kappa shape index (κ1) is 16.5. The second-order valence-corrected chi connectivity index (χ2v) is 5.88. The third kappa shape index (κ3) is 4.05. The van der Waals surface area contributed by atoms with Crippen molar-refractivity contribution in [3.63, 3.8) is 0 Å². The maximum absolute atomic E-state index is 12.2. The summed E-state index contributed by atoms with van der Waals surface area (Å²) in [6.07, 6.45) is 2.13. The molecule has 1 aliphatic heterocycles. The summed E-state index contributed by atoms with van der Waals surface area (Å²) in [6.45, 7) is 5.18. The van der Waals surface area contributed by atoms with Crippen LogP contribution in [0.3, 0.4) is 0 Å². The van der Waals surface area contributed by atoms with Gasteiger partial charge in [0.15, 0.2) is 5.82 Å². The molecule has 1 aromatic heterocycles. The average Bonchev–Trinajstić information content (AvgIpc) is 3.01. The Morgan fingerprint density at radius 3 is 2.59 bits per heavy atom. The van der Waals surface area contributed by atoms with E-state index in [0.29, 0.717) is 50.5 Å². The van der Waals surface area contributed by atoms with E-state index in [2.05, 4.69) is 10.1 Å². The van der Waals surface area contributed by atoms with Crippen LogP contribution in [0.4, 0.5) is 0 Å². The molecule has 0 aromatic carbocycles. The fourth-order valence-electron chi connectivity index (χ4n) is 2.51. The lowest BCUT2D eigenvalue weighted by Gasteiger charge is -2.30. The molecular weight excluding hydrogens is 286 g/mol. The van der Waals surface area contributed by atoms with Crippen LogP contribution in [0.2, 0.25) is 0 Å². The lowest BCUT2D eigenvalue weighted by atomic mass is 9.97. The van der Waals surface area contributed by atoms with E-state index >= 15 is 0 Å². The molecule has 0 spiro atoms. The molecule has 1 fully saturated rings. The van der Waals surface area contributed by atoms with Crippen molar-refractivity contribution in [3.05, 3.63) is 11.7 Å². The van der Waals surface area contributed by atoms with Gasteiger partial charge in [-0.05, 0) is 12.8 Å². The maximum Gasteiger partial charge on any atom is 0.308 e. The maximum atomic E-state index is 12.2. The molecule has 1 amide bonds. The molecule has 0 atom stereocenters. The van der Waals surface area contributed by atoms with Gasteiger partial charge in [-0.3, -0.25) is 9.59 Å². The van der Waals surface area contributed by atoms with Crippen molar-refractivity contribution in [2.24, 2.45) is 5.92 Å². The molecular formula is C15H23N3O4. The quantitative estimate of drug-likeness (QED) is 0.767. The van der Waals surface area contributed by atoms with E-state index in [9.17, 15) is 9.59 Å². The van der Waals surface area contributed by atoms with Crippen LogP contribution in [0.5, 0.6) is 0 Å². The predicted octanol–water partition coefficient (Wildman–Crippen LogP) is 1.54. The lowest BCUT2D eigenvalue weighted by Crippen LogP contribution is -2.40. The summed E-state index contributed by atoms with van der Waals surface area (Å²) in [6, 6.07) is 0. The number of carbonyl (C=O) groups is 2. The van der Waals surface area contributed by atoms with E-state index in [4.69, 9.17) is 9.26 Å². The van der Waals surface area contributed by atoms with Crippen molar-refractivity contribution in [2.75, 3.05) is 20.2 Å².